The van der Waals surface area contributed by atoms with Crippen LogP contribution in [0.5, 0.6) is 0 Å². The van der Waals surface area contributed by atoms with Gasteiger partial charge in [-0.25, -0.2) is 4.98 Å². The number of aryl methyl sites for hydroxylation is 1. The zero-order chi connectivity index (χ0) is 27.2. The van der Waals surface area contributed by atoms with Crippen molar-refractivity contribution in [1.29, 1.82) is 0 Å². The average Bonchev–Trinajstić information content (AvgIpc) is 3.38. The number of hydrogen-bond acceptors (Lipinski definition) is 5. The van der Waals surface area contributed by atoms with Gasteiger partial charge in [-0.05, 0) is 92.3 Å². The number of thioether (sulfide) groups is 1. The lowest BCUT2D eigenvalue weighted by atomic mass is 10.2. The fourth-order valence-electron chi connectivity index (χ4n) is 3.98. The van der Waals surface area contributed by atoms with Crippen LogP contribution in [0.1, 0.15) is 18.9 Å². The summed E-state index contributed by atoms with van der Waals surface area (Å²) in [6, 6.07) is 31.1. The molecule has 0 aliphatic heterocycles. The van der Waals surface area contributed by atoms with Crippen molar-refractivity contribution < 1.29 is 9.21 Å². The molecule has 0 aliphatic carbocycles. The van der Waals surface area contributed by atoms with Crippen molar-refractivity contribution in [3.05, 3.63) is 103 Å². The number of nitrogens with zero attached hydrogens (tertiary/aromatic N) is 1. The van der Waals surface area contributed by atoms with Crippen molar-refractivity contribution in [2.24, 2.45) is 0 Å². The zero-order valence-corrected chi connectivity index (χ0v) is 23.2. The first-order valence-corrected chi connectivity index (χ1v) is 13.9. The van der Waals surface area contributed by atoms with Gasteiger partial charge in [0, 0.05) is 27.5 Å². The minimum atomic E-state index is -0.255. The van der Waals surface area contributed by atoms with E-state index < -0.39 is 0 Å². The number of para-hydroxylation sites is 2. The molecule has 0 saturated heterocycles. The van der Waals surface area contributed by atoms with E-state index in [-0.39, 0.29) is 11.2 Å². The van der Waals surface area contributed by atoms with Crippen molar-refractivity contribution in [1.82, 2.24) is 4.98 Å². The molecule has 39 heavy (non-hydrogen) atoms. The number of benzene rings is 4. The fraction of sp³-hybridized carbons (Fsp3) is 0.129. The number of carbonyl (C=O) groups excluding carboxylic acids is 1. The average molecular weight is 553 g/mol. The molecule has 3 N–H and O–H groups in total. The summed E-state index contributed by atoms with van der Waals surface area (Å²) < 4.78 is 5.85. The van der Waals surface area contributed by atoms with Gasteiger partial charge in [-0.2, -0.15) is 0 Å². The Morgan fingerprint density at radius 2 is 1.56 bits per heavy atom. The number of oxazole rings is 1. The smallest absolute Gasteiger partial charge is 0.237 e. The van der Waals surface area contributed by atoms with E-state index in [1.54, 1.807) is 0 Å². The van der Waals surface area contributed by atoms with Crippen LogP contribution in [0.25, 0.3) is 22.6 Å². The van der Waals surface area contributed by atoms with Crippen LogP contribution >= 0.6 is 24.0 Å². The van der Waals surface area contributed by atoms with Crippen molar-refractivity contribution in [2.75, 3.05) is 16.0 Å². The SMILES string of the molecule is CCC(Sc1cccc(NC(=S)Nc2ccc(C)cc2)c1)C(=O)Nc1ccc(-c2nc3ccccc3o2)cc1. The first-order chi connectivity index (χ1) is 19.0. The molecule has 0 radical (unpaired) electrons. The summed E-state index contributed by atoms with van der Waals surface area (Å²) in [5.74, 6) is 0.505. The van der Waals surface area contributed by atoms with Gasteiger partial charge in [0.05, 0.1) is 5.25 Å². The van der Waals surface area contributed by atoms with Crippen molar-refractivity contribution in [3.8, 4) is 11.5 Å². The molecule has 1 amide bonds. The molecule has 8 heteroatoms. The number of amides is 1. The van der Waals surface area contributed by atoms with Crippen LogP contribution in [-0.2, 0) is 4.79 Å². The molecule has 0 bridgehead atoms. The Morgan fingerprint density at radius 1 is 0.872 bits per heavy atom. The Balaban J connectivity index is 1.19. The highest BCUT2D eigenvalue weighted by molar-refractivity contribution is 8.00. The highest BCUT2D eigenvalue weighted by Crippen LogP contribution is 2.29. The van der Waals surface area contributed by atoms with E-state index >= 15 is 0 Å². The Labute approximate surface area is 237 Å². The quantitative estimate of drug-likeness (QED) is 0.132. The van der Waals surface area contributed by atoms with Gasteiger partial charge in [0.25, 0.3) is 0 Å². The summed E-state index contributed by atoms with van der Waals surface area (Å²) in [6.07, 6.45) is 0.683. The molecule has 4 aromatic carbocycles. The number of anilines is 3. The Hall–Kier alpha value is -4.14. The molecule has 0 aliphatic rings. The van der Waals surface area contributed by atoms with Gasteiger partial charge < -0.3 is 20.4 Å². The highest BCUT2D eigenvalue weighted by Gasteiger charge is 2.19. The molecule has 1 aromatic heterocycles. The van der Waals surface area contributed by atoms with Crippen molar-refractivity contribution in [2.45, 2.75) is 30.4 Å². The first-order valence-electron chi connectivity index (χ1n) is 12.6. The van der Waals surface area contributed by atoms with E-state index in [0.29, 0.717) is 17.4 Å². The third kappa shape index (κ3) is 6.85. The van der Waals surface area contributed by atoms with Crippen molar-refractivity contribution in [3.63, 3.8) is 0 Å². The molecule has 5 aromatic rings. The van der Waals surface area contributed by atoms with E-state index in [1.165, 1.54) is 17.3 Å². The molecule has 0 saturated carbocycles. The topological polar surface area (TPSA) is 79.2 Å². The maximum atomic E-state index is 13.1. The minimum Gasteiger partial charge on any atom is -0.436 e. The van der Waals surface area contributed by atoms with Gasteiger partial charge in [-0.1, -0.05) is 42.8 Å². The number of fused-ring (bicyclic) bond motifs is 1. The van der Waals surface area contributed by atoms with Crippen LogP contribution in [0, 0.1) is 6.92 Å². The number of hydrogen-bond donors (Lipinski definition) is 3. The molecule has 1 unspecified atom stereocenters. The third-order valence-corrected chi connectivity index (χ3v) is 7.60. The van der Waals surface area contributed by atoms with E-state index in [2.05, 4.69) is 20.9 Å². The van der Waals surface area contributed by atoms with E-state index in [9.17, 15) is 4.79 Å². The summed E-state index contributed by atoms with van der Waals surface area (Å²) in [4.78, 5) is 18.6. The Bertz CT molecular complexity index is 1560. The first kappa shape index (κ1) is 26.5. The minimum absolute atomic E-state index is 0.0490. The molecule has 1 atom stereocenters. The summed E-state index contributed by atoms with van der Waals surface area (Å²) in [5.41, 5.74) is 6.11. The lowest BCUT2D eigenvalue weighted by molar-refractivity contribution is -0.115. The van der Waals surface area contributed by atoms with Gasteiger partial charge in [0.2, 0.25) is 11.8 Å². The van der Waals surface area contributed by atoms with Crippen LogP contribution in [0.3, 0.4) is 0 Å². The van der Waals surface area contributed by atoms with Gasteiger partial charge in [-0.3, -0.25) is 4.79 Å². The van der Waals surface area contributed by atoms with Crippen LogP contribution in [-0.4, -0.2) is 21.3 Å². The van der Waals surface area contributed by atoms with Crippen molar-refractivity contribution >= 4 is 63.2 Å². The monoisotopic (exact) mass is 552 g/mol. The molecule has 6 nitrogen and oxygen atoms in total. The predicted molar refractivity (Wildman–Crippen MR) is 165 cm³/mol. The normalized spacial score (nSPS) is 11.6. The second-order valence-corrected chi connectivity index (χ2v) is 10.7. The zero-order valence-electron chi connectivity index (χ0n) is 21.6. The number of thiocarbonyl (C=S) groups is 1. The second-order valence-electron chi connectivity index (χ2n) is 9.04. The summed E-state index contributed by atoms with van der Waals surface area (Å²) in [7, 11) is 0. The standard InChI is InChI=1S/C31H28N4O2S2/c1-3-28(39-25-8-6-7-24(19-25)34-31(38)33-23-15-11-20(2)12-16-23)29(36)32-22-17-13-21(14-18-22)30-35-26-9-4-5-10-27(26)37-30/h4-19,28H,3H2,1-2H3,(H,32,36)(H2,33,34,38). The molecular formula is C31H28N4O2S2. The molecule has 0 spiro atoms. The molecule has 0 fully saturated rings. The van der Waals surface area contributed by atoms with Gasteiger partial charge >= 0.3 is 0 Å². The van der Waals surface area contributed by atoms with Gasteiger partial charge in [0.15, 0.2) is 10.7 Å². The number of aromatic nitrogens is 1. The summed E-state index contributed by atoms with van der Waals surface area (Å²) in [5, 5.41) is 9.71. The predicted octanol–water partition coefficient (Wildman–Crippen LogP) is 8.12. The number of nitrogens with one attached hydrogen (secondary N) is 3. The Kier molecular flexibility index (Phi) is 8.24. The maximum absolute atomic E-state index is 13.1. The second kappa shape index (κ2) is 12.1. The third-order valence-electron chi connectivity index (χ3n) is 6.04. The van der Waals surface area contributed by atoms with Gasteiger partial charge in [0.1, 0.15) is 5.52 Å². The lowest BCUT2D eigenvalue weighted by Crippen LogP contribution is -2.24. The van der Waals surface area contributed by atoms with E-state index in [1.807, 2.05) is 111 Å². The Morgan fingerprint density at radius 3 is 2.31 bits per heavy atom. The molecule has 1 heterocycles. The van der Waals surface area contributed by atoms with Crippen LogP contribution in [0.4, 0.5) is 17.1 Å². The van der Waals surface area contributed by atoms with E-state index in [4.69, 9.17) is 16.6 Å². The number of carbonyl (C=O) groups is 1. The lowest BCUT2D eigenvalue weighted by Gasteiger charge is -2.16. The highest BCUT2D eigenvalue weighted by atomic mass is 32.2. The van der Waals surface area contributed by atoms with E-state index in [0.717, 1.165) is 38.6 Å². The fourth-order valence-corrected chi connectivity index (χ4v) is 5.23. The molecular weight excluding hydrogens is 525 g/mol. The number of rotatable bonds is 8. The maximum Gasteiger partial charge on any atom is 0.237 e. The summed E-state index contributed by atoms with van der Waals surface area (Å²) >= 11 is 7.00. The van der Waals surface area contributed by atoms with Gasteiger partial charge in [-0.15, -0.1) is 11.8 Å². The summed E-state index contributed by atoms with van der Waals surface area (Å²) in [6.45, 7) is 4.06. The molecule has 5 rings (SSSR count). The van der Waals surface area contributed by atoms with Crippen LogP contribution in [0.15, 0.2) is 106 Å². The van der Waals surface area contributed by atoms with Crippen LogP contribution in [0.2, 0.25) is 0 Å². The molecule has 196 valence electrons. The van der Waals surface area contributed by atoms with Crippen LogP contribution < -0.4 is 16.0 Å². The largest absolute Gasteiger partial charge is 0.436 e.